The Kier molecular flexibility index (Phi) is 5.15. The fourth-order valence-corrected chi connectivity index (χ4v) is 3.93. The summed E-state index contributed by atoms with van der Waals surface area (Å²) in [6, 6.07) is 15.2. The number of hydrogen-bond donors (Lipinski definition) is 1. The average molecular weight is 370 g/mol. The second kappa shape index (κ2) is 7.35. The van der Waals surface area contributed by atoms with Gasteiger partial charge in [0, 0.05) is 18.3 Å². The second-order valence-corrected chi connectivity index (χ2v) is 7.85. The third kappa shape index (κ3) is 3.98. The fourth-order valence-electron chi connectivity index (χ4n) is 2.67. The molecule has 1 heterocycles. The largest absolute Gasteiger partial charge is 0.256 e. The van der Waals surface area contributed by atoms with E-state index in [0.29, 0.717) is 11.3 Å². The van der Waals surface area contributed by atoms with Crippen LogP contribution in [0.5, 0.6) is 0 Å². The monoisotopic (exact) mass is 370 g/mol. The van der Waals surface area contributed by atoms with Crippen LogP contribution in [0, 0.1) is 19.7 Å². The molecule has 1 aromatic heterocycles. The number of nitrogens with one attached hydrogen (secondary N) is 1. The van der Waals surface area contributed by atoms with Gasteiger partial charge in [-0.3, -0.25) is 4.98 Å². The number of rotatable bonds is 5. The van der Waals surface area contributed by atoms with Crippen molar-refractivity contribution in [1.82, 2.24) is 9.71 Å². The molecule has 0 spiro atoms. The summed E-state index contributed by atoms with van der Waals surface area (Å²) in [6.07, 6.45) is 1.67. The predicted octanol–water partition coefficient (Wildman–Crippen LogP) is 3.98. The molecule has 0 radical (unpaired) electrons. The first-order valence-corrected chi connectivity index (χ1v) is 9.62. The maximum Gasteiger partial charge on any atom is 0.241 e. The van der Waals surface area contributed by atoms with E-state index in [0.717, 1.165) is 22.8 Å². The molecule has 0 amide bonds. The van der Waals surface area contributed by atoms with Gasteiger partial charge in [-0.2, -0.15) is 0 Å². The van der Waals surface area contributed by atoms with Crippen molar-refractivity contribution in [3.8, 4) is 11.3 Å². The van der Waals surface area contributed by atoms with Gasteiger partial charge in [0.1, 0.15) is 5.82 Å². The highest BCUT2D eigenvalue weighted by Gasteiger charge is 2.18. The van der Waals surface area contributed by atoms with Gasteiger partial charge in [-0.25, -0.2) is 17.5 Å². The Bertz CT molecular complexity index is 1030. The molecular weight excluding hydrogens is 351 g/mol. The number of aryl methyl sites for hydroxylation is 2. The molecule has 0 saturated heterocycles. The third-order valence-corrected chi connectivity index (χ3v) is 5.65. The Labute approximate surface area is 152 Å². The second-order valence-electron chi connectivity index (χ2n) is 6.11. The number of nitrogens with zero attached hydrogens (tertiary/aromatic N) is 1. The first kappa shape index (κ1) is 18.2. The molecule has 26 heavy (non-hydrogen) atoms. The SMILES string of the molecule is Cc1ccc(-c2ncccc2CNS(=O)(=O)c2cc(F)ccc2C)cc1. The lowest BCUT2D eigenvalue weighted by Gasteiger charge is -2.12. The molecule has 0 aliphatic heterocycles. The minimum Gasteiger partial charge on any atom is -0.256 e. The molecule has 4 nitrogen and oxygen atoms in total. The average Bonchev–Trinajstić information content (AvgIpc) is 2.63. The van der Waals surface area contributed by atoms with Crippen LogP contribution in [0.1, 0.15) is 16.7 Å². The van der Waals surface area contributed by atoms with Crippen LogP contribution >= 0.6 is 0 Å². The summed E-state index contributed by atoms with van der Waals surface area (Å²) < 4.78 is 41.1. The molecule has 134 valence electrons. The number of hydrogen-bond acceptors (Lipinski definition) is 3. The molecule has 6 heteroatoms. The Hall–Kier alpha value is -2.57. The van der Waals surface area contributed by atoms with Crippen LogP contribution in [0.2, 0.25) is 0 Å². The zero-order chi connectivity index (χ0) is 18.7. The van der Waals surface area contributed by atoms with E-state index < -0.39 is 15.8 Å². The zero-order valence-corrected chi connectivity index (χ0v) is 15.3. The quantitative estimate of drug-likeness (QED) is 0.739. The molecule has 0 bridgehead atoms. The van der Waals surface area contributed by atoms with E-state index in [1.165, 1.54) is 12.1 Å². The van der Waals surface area contributed by atoms with Crippen molar-refractivity contribution in [3.05, 3.63) is 83.3 Å². The molecule has 0 fully saturated rings. The van der Waals surface area contributed by atoms with Crippen LogP contribution in [-0.4, -0.2) is 13.4 Å². The predicted molar refractivity (Wildman–Crippen MR) is 99.6 cm³/mol. The van der Waals surface area contributed by atoms with E-state index in [1.807, 2.05) is 37.3 Å². The summed E-state index contributed by atoms with van der Waals surface area (Å²) in [7, 11) is -3.84. The van der Waals surface area contributed by atoms with Gasteiger partial charge in [-0.05, 0) is 43.2 Å². The van der Waals surface area contributed by atoms with E-state index in [-0.39, 0.29) is 11.4 Å². The number of pyridine rings is 1. The number of aromatic nitrogens is 1. The van der Waals surface area contributed by atoms with E-state index in [2.05, 4.69) is 9.71 Å². The van der Waals surface area contributed by atoms with E-state index in [4.69, 9.17) is 0 Å². The maximum atomic E-state index is 13.5. The van der Waals surface area contributed by atoms with Gasteiger partial charge in [0.05, 0.1) is 10.6 Å². The molecule has 0 aliphatic rings. The molecule has 0 atom stereocenters. The summed E-state index contributed by atoms with van der Waals surface area (Å²) in [5.74, 6) is -0.585. The molecule has 2 aromatic carbocycles. The van der Waals surface area contributed by atoms with Crippen molar-refractivity contribution in [3.63, 3.8) is 0 Å². The van der Waals surface area contributed by atoms with E-state index in [9.17, 15) is 12.8 Å². The minimum atomic E-state index is -3.84. The number of halogens is 1. The van der Waals surface area contributed by atoms with E-state index >= 15 is 0 Å². The van der Waals surface area contributed by atoms with Gasteiger partial charge in [-0.1, -0.05) is 42.0 Å². The summed E-state index contributed by atoms with van der Waals surface area (Å²) in [4.78, 5) is 4.33. The standard InChI is InChI=1S/C20H19FN2O2S/c1-14-5-8-16(9-6-14)20-17(4-3-11-22-20)13-23-26(24,25)19-12-18(21)10-7-15(19)2/h3-12,23H,13H2,1-2H3. The van der Waals surface area contributed by atoms with Crippen LogP contribution in [0.3, 0.4) is 0 Å². The normalized spacial score (nSPS) is 11.5. The Morgan fingerprint density at radius 3 is 2.50 bits per heavy atom. The van der Waals surface area contributed by atoms with Gasteiger partial charge in [0.25, 0.3) is 0 Å². The summed E-state index contributed by atoms with van der Waals surface area (Å²) in [5, 5.41) is 0. The Morgan fingerprint density at radius 1 is 1.04 bits per heavy atom. The molecule has 3 rings (SSSR count). The molecule has 1 N–H and O–H groups in total. The molecular formula is C20H19FN2O2S. The van der Waals surface area contributed by atoms with Crippen molar-refractivity contribution in [2.75, 3.05) is 0 Å². The maximum absolute atomic E-state index is 13.5. The van der Waals surface area contributed by atoms with Gasteiger partial charge in [0.15, 0.2) is 0 Å². The molecule has 0 aliphatic carbocycles. The van der Waals surface area contributed by atoms with Crippen molar-refractivity contribution in [2.24, 2.45) is 0 Å². The van der Waals surface area contributed by atoms with Crippen molar-refractivity contribution < 1.29 is 12.8 Å². The summed E-state index contributed by atoms with van der Waals surface area (Å²) in [5.41, 5.74) is 3.99. The van der Waals surface area contributed by atoms with Crippen LogP contribution in [0.15, 0.2) is 65.7 Å². The Morgan fingerprint density at radius 2 is 1.77 bits per heavy atom. The van der Waals surface area contributed by atoms with Crippen LogP contribution in [-0.2, 0) is 16.6 Å². The third-order valence-electron chi connectivity index (χ3n) is 4.11. The first-order chi connectivity index (χ1) is 12.4. The highest BCUT2D eigenvalue weighted by atomic mass is 32.2. The summed E-state index contributed by atoms with van der Waals surface area (Å²) in [6.45, 7) is 3.70. The topological polar surface area (TPSA) is 59.1 Å². The van der Waals surface area contributed by atoms with Crippen LogP contribution in [0.25, 0.3) is 11.3 Å². The van der Waals surface area contributed by atoms with Gasteiger partial charge < -0.3 is 0 Å². The van der Waals surface area contributed by atoms with Crippen LogP contribution < -0.4 is 4.72 Å². The number of benzene rings is 2. The highest BCUT2D eigenvalue weighted by Crippen LogP contribution is 2.22. The fraction of sp³-hybridized carbons (Fsp3) is 0.150. The summed E-state index contributed by atoms with van der Waals surface area (Å²) >= 11 is 0. The highest BCUT2D eigenvalue weighted by molar-refractivity contribution is 7.89. The molecule has 0 unspecified atom stereocenters. The van der Waals surface area contributed by atoms with Crippen molar-refractivity contribution in [2.45, 2.75) is 25.3 Å². The molecule has 3 aromatic rings. The van der Waals surface area contributed by atoms with Crippen LogP contribution in [0.4, 0.5) is 4.39 Å². The van der Waals surface area contributed by atoms with Gasteiger partial charge in [-0.15, -0.1) is 0 Å². The van der Waals surface area contributed by atoms with Gasteiger partial charge in [0.2, 0.25) is 10.0 Å². The number of sulfonamides is 1. The van der Waals surface area contributed by atoms with E-state index in [1.54, 1.807) is 19.2 Å². The smallest absolute Gasteiger partial charge is 0.241 e. The zero-order valence-electron chi connectivity index (χ0n) is 14.5. The van der Waals surface area contributed by atoms with Crippen molar-refractivity contribution in [1.29, 1.82) is 0 Å². The molecule has 0 saturated carbocycles. The lowest BCUT2D eigenvalue weighted by atomic mass is 10.0. The lowest BCUT2D eigenvalue weighted by molar-refractivity contribution is 0.576. The Balaban J connectivity index is 1.88. The van der Waals surface area contributed by atoms with Gasteiger partial charge >= 0.3 is 0 Å². The lowest BCUT2D eigenvalue weighted by Crippen LogP contribution is -2.24. The minimum absolute atomic E-state index is 0.0572. The first-order valence-electron chi connectivity index (χ1n) is 8.13. The van der Waals surface area contributed by atoms with Crippen molar-refractivity contribution >= 4 is 10.0 Å².